The summed E-state index contributed by atoms with van der Waals surface area (Å²) in [5.41, 5.74) is 3.12. The first-order chi connectivity index (χ1) is 12.5. The molecule has 0 aliphatic carbocycles. The van der Waals surface area contributed by atoms with Crippen LogP contribution in [0.2, 0.25) is 0 Å². The smallest absolute Gasteiger partial charge is 0.242 e. The van der Waals surface area contributed by atoms with E-state index in [2.05, 4.69) is 11.4 Å². The summed E-state index contributed by atoms with van der Waals surface area (Å²) in [5, 5.41) is 2.90. The van der Waals surface area contributed by atoms with Gasteiger partial charge in [-0.15, -0.1) is 0 Å². The molecule has 2 rings (SSSR count). The summed E-state index contributed by atoms with van der Waals surface area (Å²) in [6.07, 6.45) is 1.16. The highest BCUT2D eigenvalue weighted by molar-refractivity contribution is 5.88. The quantitative estimate of drug-likeness (QED) is 0.791. The summed E-state index contributed by atoms with van der Waals surface area (Å²) in [7, 11) is 0. The maximum Gasteiger partial charge on any atom is 0.242 e. The van der Waals surface area contributed by atoms with Crippen LogP contribution in [0.4, 0.5) is 0 Å². The van der Waals surface area contributed by atoms with Crippen LogP contribution < -0.4 is 5.32 Å². The molecule has 0 aliphatic rings. The maximum atomic E-state index is 13.0. The number of nitrogens with zero attached hydrogens (tertiary/aromatic N) is 1. The second-order valence-electron chi connectivity index (χ2n) is 6.64. The summed E-state index contributed by atoms with van der Waals surface area (Å²) < 4.78 is 0. The number of amides is 2. The molecule has 1 atom stereocenters. The molecular weight excluding hydrogens is 324 g/mol. The number of nitrogens with one attached hydrogen (secondary N) is 1. The van der Waals surface area contributed by atoms with Gasteiger partial charge in [-0.05, 0) is 31.4 Å². The van der Waals surface area contributed by atoms with Crippen molar-refractivity contribution in [3.63, 3.8) is 0 Å². The third kappa shape index (κ3) is 5.73. The molecule has 26 heavy (non-hydrogen) atoms. The lowest BCUT2D eigenvalue weighted by Gasteiger charge is -2.29. The molecule has 0 radical (unpaired) electrons. The number of carbonyl (C=O) groups excluding carboxylic acids is 2. The normalized spacial score (nSPS) is 11.7. The Morgan fingerprint density at radius 3 is 2.38 bits per heavy atom. The molecule has 0 saturated heterocycles. The van der Waals surface area contributed by atoms with Crippen molar-refractivity contribution in [2.24, 2.45) is 0 Å². The average Bonchev–Trinajstić information content (AvgIpc) is 2.64. The lowest BCUT2D eigenvalue weighted by Crippen LogP contribution is -2.48. The summed E-state index contributed by atoms with van der Waals surface area (Å²) in [4.78, 5) is 27.1. The molecule has 2 aromatic carbocycles. The van der Waals surface area contributed by atoms with E-state index < -0.39 is 6.04 Å². The molecule has 1 N–H and O–H groups in total. The Kier molecular flexibility index (Phi) is 7.39. The predicted octanol–water partition coefficient (Wildman–Crippen LogP) is 3.48. The van der Waals surface area contributed by atoms with Crippen LogP contribution in [-0.4, -0.2) is 29.3 Å². The minimum atomic E-state index is -0.515. The molecule has 0 heterocycles. The third-order valence-electron chi connectivity index (χ3n) is 4.35. The minimum absolute atomic E-state index is 0.0446. The zero-order valence-corrected chi connectivity index (χ0v) is 15.9. The van der Waals surface area contributed by atoms with E-state index in [9.17, 15) is 9.59 Å². The largest absolute Gasteiger partial charge is 0.354 e. The van der Waals surface area contributed by atoms with Crippen molar-refractivity contribution < 1.29 is 9.59 Å². The number of carbonyl (C=O) groups is 2. The Hall–Kier alpha value is -2.62. The van der Waals surface area contributed by atoms with Gasteiger partial charge in [0.1, 0.15) is 6.04 Å². The zero-order chi connectivity index (χ0) is 18.9. The van der Waals surface area contributed by atoms with Gasteiger partial charge in [0.05, 0.1) is 6.42 Å². The summed E-state index contributed by atoms with van der Waals surface area (Å²) in [6.45, 7) is 6.87. The first-order valence-electron chi connectivity index (χ1n) is 9.18. The van der Waals surface area contributed by atoms with Crippen molar-refractivity contribution in [3.8, 4) is 0 Å². The first kappa shape index (κ1) is 19.7. The standard InChI is InChI=1S/C22H28N2O2/c1-4-13-23-22(26)18(3)24(16-20-12-8-9-17(2)14-20)21(25)15-19-10-6-5-7-11-19/h5-12,14,18H,4,13,15-16H2,1-3H3,(H,23,26)/t18-/m1/s1. The second-order valence-corrected chi connectivity index (χ2v) is 6.64. The Morgan fingerprint density at radius 2 is 1.73 bits per heavy atom. The van der Waals surface area contributed by atoms with Gasteiger partial charge in [0, 0.05) is 13.1 Å². The second kappa shape index (κ2) is 9.76. The molecule has 0 fully saturated rings. The van der Waals surface area contributed by atoms with Crippen molar-refractivity contribution in [3.05, 3.63) is 71.3 Å². The van der Waals surface area contributed by atoms with Crippen molar-refractivity contribution in [2.75, 3.05) is 6.54 Å². The van der Waals surface area contributed by atoms with Gasteiger partial charge in [0.25, 0.3) is 0 Å². The van der Waals surface area contributed by atoms with Gasteiger partial charge >= 0.3 is 0 Å². The minimum Gasteiger partial charge on any atom is -0.354 e. The van der Waals surface area contributed by atoms with E-state index >= 15 is 0 Å². The molecule has 0 spiro atoms. The monoisotopic (exact) mass is 352 g/mol. The molecule has 2 amide bonds. The van der Waals surface area contributed by atoms with Crippen LogP contribution in [0, 0.1) is 6.92 Å². The van der Waals surface area contributed by atoms with Crippen molar-refractivity contribution in [1.82, 2.24) is 10.2 Å². The molecule has 0 aliphatic heterocycles. The summed E-state index contributed by atoms with van der Waals surface area (Å²) in [6, 6.07) is 17.2. The lowest BCUT2D eigenvalue weighted by atomic mass is 10.1. The lowest BCUT2D eigenvalue weighted by molar-refractivity contribution is -0.140. The Morgan fingerprint density at radius 1 is 1.04 bits per heavy atom. The number of benzene rings is 2. The molecule has 4 nitrogen and oxygen atoms in total. The van der Waals surface area contributed by atoms with Crippen LogP contribution in [0.3, 0.4) is 0 Å². The highest BCUT2D eigenvalue weighted by atomic mass is 16.2. The molecule has 0 saturated carbocycles. The Balaban J connectivity index is 2.19. The SMILES string of the molecule is CCCNC(=O)[C@@H](C)N(Cc1cccc(C)c1)C(=O)Cc1ccccc1. The van der Waals surface area contributed by atoms with E-state index in [-0.39, 0.29) is 18.2 Å². The molecule has 0 aromatic heterocycles. The van der Waals surface area contributed by atoms with Crippen LogP contribution in [0.1, 0.15) is 37.0 Å². The van der Waals surface area contributed by atoms with Crippen LogP contribution in [-0.2, 0) is 22.6 Å². The highest BCUT2D eigenvalue weighted by Crippen LogP contribution is 2.13. The Labute approximate surface area is 156 Å². The van der Waals surface area contributed by atoms with Crippen LogP contribution >= 0.6 is 0 Å². The summed E-state index contributed by atoms with van der Waals surface area (Å²) >= 11 is 0. The number of hydrogen-bond donors (Lipinski definition) is 1. The highest BCUT2D eigenvalue weighted by Gasteiger charge is 2.25. The maximum absolute atomic E-state index is 13.0. The van der Waals surface area contributed by atoms with E-state index in [0.29, 0.717) is 13.1 Å². The van der Waals surface area contributed by atoms with Gasteiger partial charge in [-0.2, -0.15) is 0 Å². The Bertz CT molecular complexity index is 728. The van der Waals surface area contributed by atoms with Gasteiger partial charge in [-0.1, -0.05) is 67.1 Å². The number of rotatable bonds is 8. The van der Waals surface area contributed by atoms with Gasteiger partial charge in [0.15, 0.2) is 0 Å². The van der Waals surface area contributed by atoms with E-state index in [0.717, 1.165) is 23.1 Å². The predicted molar refractivity (Wildman–Crippen MR) is 105 cm³/mol. The topological polar surface area (TPSA) is 49.4 Å². The molecular formula is C22H28N2O2. The van der Waals surface area contributed by atoms with Crippen molar-refractivity contribution in [1.29, 1.82) is 0 Å². The van der Waals surface area contributed by atoms with Gasteiger partial charge in [0.2, 0.25) is 11.8 Å². The summed E-state index contributed by atoms with van der Waals surface area (Å²) in [5.74, 6) is -0.155. The first-order valence-corrected chi connectivity index (χ1v) is 9.18. The van der Waals surface area contributed by atoms with Gasteiger partial charge in [-0.3, -0.25) is 9.59 Å². The van der Waals surface area contributed by atoms with Gasteiger partial charge in [-0.25, -0.2) is 0 Å². The molecule has 0 unspecified atom stereocenters. The van der Waals surface area contributed by atoms with Crippen LogP contribution in [0.5, 0.6) is 0 Å². The molecule has 138 valence electrons. The van der Waals surface area contributed by atoms with Crippen molar-refractivity contribution in [2.45, 2.75) is 46.2 Å². The fraction of sp³-hybridized carbons (Fsp3) is 0.364. The van der Waals surface area contributed by atoms with Gasteiger partial charge < -0.3 is 10.2 Å². The third-order valence-corrected chi connectivity index (χ3v) is 4.35. The van der Waals surface area contributed by atoms with E-state index in [1.165, 1.54) is 0 Å². The van der Waals surface area contributed by atoms with Crippen molar-refractivity contribution >= 4 is 11.8 Å². The zero-order valence-electron chi connectivity index (χ0n) is 15.9. The fourth-order valence-corrected chi connectivity index (χ4v) is 2.86. The molecule has 2 aromatic rings. The van der Waals surface area contributed by atoms with E-state index in [4.69, 9.17) is 0 Å². The number of hydrogen-bond acceptors (Lipinski definition) is 2. The van der Waals surface area contributed by atoms with E-state index in [1.807, 2.05) is 62.4 Å². The molecule has 4 heteroatoms. The van der Waals surface area contributed by atoms with Crippen LogP contribution in [0.15, 0.2) is 54.6 Å². The number of aryl methyl sites for hydroxylation is 1. The molecule has 0 bridgehead atoms. The fourth-order valence-electron chi connectivity index (χ4n) is 2.86. The average molecular weight is 352 g/mol. The van der Waals surface area contributed by atoms with Crippen LogP contribution in [0.25, 0.3) is 0 Å². The van der Waals surface area contributed by atoms with E-state index in [1.54, 1.807) is 11.8 Å².